The molecule has 2 heteroatoms. The Morgan fingerprint density at radius 1 is 0.840 bits per heavy atom. The summed E-state index contributed by atoms with van der Waals surface area (Å²) in [6.07, 6.45) is 12.0. The highest BCUT2D eigenvalue weighted by Gasteiger charge is 2.28. The summed E-state index contributed by atoms with van der Waals surface area (Å²) in [6, 6.07) is 8.89. The van der Waals surface area contributed by atoms with Crippen molar-refractivity contribution in [3.05, 3.63) is 47.0 Å². The first-order valence-corrected chi connectivity index (χ1v) is 10.3. The van der Waals surface area contributed by atoms with Crippen molar-refractivity contribution in [2.75, 3.05) is 0 Å². The average Bonchev–Trinajstić information content (AvgIpc) is 2.58. The summed E-state index contributed by atoms with van der Waals surface area (Å²) in [4.78, 5) is 0. The first-order valence-electron chi connectivity index (χ1n) is 10.3. The maximum atomic E-state index is 12.5. The minimum Gasteiger partial charge on any atom is -0.173 e. The van der Waals surface area contributed by atoms with Crippen molar-refractivity contribution in [3.63, 3.8) is 0 Å². The van der Waals surface area contributed by atoms with Crippen LogP contribution in [0.4, 0.5) is 8.78 Å². The van der Waals surface area contributed by atoms with E-state index in [4.69, 9.17) is 0 Å². The number of allylic oxidation sites excluding steroid dienone is 1. The van der Waals surface area contributed by atoms with Crippen LogP contribution in [-0.2, 0) is 0 Å². The molecule has 0 radical (unpaired) electrons. The lowest BCUT2D eigenvalue weighted by Gasteiger charge is -2.30. The van der Waals surface area contributed by atoms with Crippen LogP contribution in [0.15, 0.2) is 35.9 Å². The van der Waals surface area contributed by atoms with Gasteiger partial charge >= 0.3 is 0 Å². The predicted octanol–water partition coefficient (Wildman–Crippen LogP) is 7.96. The first kappa shape index (κ1) is 18.6. The van der Waals surface area contributed by atoms with Crippen molar-refractivity contribution in [2.24, 2.45) is 5.92 Å². The Hall–Kier alpha value is -1.18. The molecule has 0 aromatic heterocycles. The highest BCUT2D eigenvalue weighted by Crippen LogP contribution is 2.44. The third-order valence-corrected chi connectivity index (χ3v) is 6.44. The second kappa shape index (κ2) is 8.96. The Balaban J connectivity index is 1.44. The molecule has 0 nitrogen and oxygen atoms in total. The van der Waals surface area contributed by atoms with Gasteiger partial charge in [0, 0.05) is 0 Å². The highest BCUT2D eigenvalue weighted by atomic mass is 19.3. The molecule has 0 saturated heterocycles. The molecule has 2 saturated carbocycles. The van der Waals surface area contributed by atoms with Crippen LogP contribution >= 0.6 is 0 Å². The molecule has 0 atom stereocenters. The Labute approximate surface area is 151 Å². The third-order valence-electron chi connectivity index (χ3n) is 6.44. The van der Waals surface area contributed by atoms with E-state index in [0.29, 0.717) is 30.3 Å². The van der Waals surface area contributed by atoms with E-state index in [1.54, 1.807) is 0 Å². The summed E-state index contributed by atoms with van der Waals surface area (Å²) in [6.45, 7) is 2.27. The lowest BCUT2D eigenvalue weighted by atomic mass is 9.74. The Bertz CT molecular complexity index is 552. The van der Waals surface area contributed by atoms with Gasteiger partial charge in [0.1, 0.15) is 0 Å². The normalized spacial score (nSPS) is 26.4. The fourth-order valence-corrected chi connectivity index (χ4v) is 4.61. The van der Waals surface area contributed by atoms with E-state index in [2.05, 4.69) is 31.2 Å². The fourth-order valence-electron chi connectivity index (χ4n) is 4.61. The van der Waals surface area contributed by atoms with Gasteiger partial charge in [0.05, 0.1) is 0 Å². The van der Waals surface area contributed by atoms with E-state index in [1.807, 2.05) is 0 Å². The Kier molecular flexibility index (Phi) is 6.67. The van der Waals surface area contributed by atoms with Crippen molar-refractivity contribution in [1.82, 2.24) is 0 Å². The summed E-state index contributed by atoms with van der Waals surface area (Å²) >= 11 is 0. The van der Waals surface area contributed by atoms with Crippen molar-refractivity contribution < 1.29 is 8.78 Å². The second-order valence-corrected chi connectivity index (χ2v) is 8.20. The molecule has 3 rings (SSSR count). The van der Waals surface area contributed by atoms with Gasteiger partial charge in [-0.25, -0.2) is 0 Å². The van der Waals surface area contributed by atoms with Gasteiger partial charge in [-0.05, 0) is 73.0 Å². The maximum absolute atomic E-state index is 12.5. The van der Waals surface area contributed by atoms with E-state index in [1.165, 1.54) is 68.9 Å². The zero-order valence-electron chi connectivity index (χ0n) is 15.6. The van der Waals surface area contributed by atoms with Crippen LogP contribution in [0.5, 0.6) is 0 Å². The monoisotopic (exact) mass is 346 g/mol. The van der Waals surface area contributed by atoms with Crippen molar-refractivity contribution in [1.29, 1.82) is 0 Å². The van der Waals surface area contributed by atoms with Crippen LogP contribution < -0.4 is 0 Å². The minimum absolute atomic E-state index is 0.310. The zero-order valence-corrected chi connectivity index (χ0v) is 15.6. The largest absolute Gasteiger partial charge is 0.269 e. The van der Waals surface area contributed by atoms with Crippen LogP contribution in [-0.4, -0.2) is 0 Å². The second-order valence-electron chi connectivity index (χ2n) is 8.20. The van der Waals surface area contributed by atoms with Gasteiger partial charge in [-0.15, -0.1) is 0 Å². The number of hydrogen-bond donors (Lipinski definition) is 0. The molecular weight excluding hydrogens is 314 g/mol. The van der Waals surface area contributed by atoms with Crippen LogP contribution in [0.1, 0.15) is 101 Å². The SMILES string of the molecule is CCCCCC[C@H]1CC[C@H](c2ccc(C3CC(=C(F)F)C3)cc2)CC1. The highest BCUT2D eigenvalue weighted by molar-refractivity contribution is 5.33. The van der Waals surface area contributed by atoms with Crippen LogP contribution in [0.25, 0.3) is 0 Å². The zero-order chi connectivity index (χ0) is 17.6. The van der Waals surface area contributed by atoms with Crippen LogP contribution in [0, 0.1) is 5.92 Å². The van der Waals surface area contributed by atoms with Gasteiger partial charge in [-0.3, -0.25) is 0 Å². The standard InChI is InChI=1S/C23H32F2/c1-2-3-4-5-6-17-7-9-18(10-8-17)19-11-13-20(14-12-19)21-15-22(16-21)23(24)25/h11-14,17-18,21H,2-10,15-16H2,1H3/t17-,18-. The van der Waals surface area contributed by atoms with Gasteiger partial charge in [0.25, 0.3) is 6.08 Å². The summed E-state index contributed by atoms with van der Waals surface area (Å²) in [5.41, 5.74) is 3.05. The van der Waals surface area contributed by atoms with Crippen molar-refractivity contribution in [2.45, 2.75) is 89.4 Å². The summed E-state index contributed by atoms with van der Waals surface area (Å²) < 4.78 is 25.0. The third kappa shape index (κ3) is 4.92. The molecule has 0 aliphatic heterocycles. The molecule has 0 N–H and O–H groups in total. The van der Waals surface area contributed by atoms with Gasteiger partial charge in [-0.2, -0.15) is 8.78 Å². The maximum Gasteiger partial charge on any atom is 0.269 e. The topological polar surface area (TPSA) is 0 Å². The van der Waals surface area contributed by atoms with E-state index in [-0.39, 0.29) is 0 Å². The molecule has 25 heavy (non-hydrogen) atoms. The molecule has 138 valence electrons. The molecule has 2 aliphatic rings. The lowest BCUT2D eigenvalue weighted by Crippen LogP contribution is -2.15. The summed E-state index contributed by atoms with van der Waals surface area (Å²) in [7, 11) is 0. The molecule has 1 aromatic rings. The summed E-state index contributed by atoms with van der Waals surface area (Å²) in [5.74, 6) is 1.97. The smallest absolute Gasteiger partial charge is 0.173 e. The number of halogens is 2. The molecule has 2 fully saturated rings. The van der Waals surface area contributed by atoms with E-state index < -0.39 is 6.08 Å². The van der Waals surface area contributed by atoms with Crippen molar-refractivity contribution >= 4 is 0 Å². The van der Waals surface area contributed by atoms with Gasteiger partial charge in [0.2, 0.25) is 0 Å². The first-order chi connectivity index (χ1) is 12.2. The van der Waals surface area contributed by atoms with Gasteiger partial charge < -0.3 is 0 Å². The molecule has 2 aliphatic carbocycles. The quantitative estimate of drug-likeness (QED) is 0.439. The van der Waals surface area contributed by atoms with Gasteiger partial charge in [0.15, 0.2) is 0 Å². The summed E-state index contributed by atoms with van der Waals surface area (Å²) in [5, 5.41) is 0. The molecule has 0 spiro atoms. The number of hydrogen-bond acceptors (Lipinski definition) is 0. The average molecular weight is 347 g/mol. The molecule has 0 heterocycles. The van der Waals surface area contributed by atoms with Crippen LogP contribution in [0.2, 0.25) is 0 Å². The van der Waals surface area contributed by atoms with Gasteiger partial charge in [-0.1, -0.05) is 63.3 Å². The Morgan fingerprint density at radius 3 is 2.00 bits per heavy atom. The number of rotatable bonds is 7. The molecule has 1 aromatic carbocycles. The molecular formula is C23H32F2. The van der Waals surface area contributed by atoms with E-state index >= 15 is 0 Å². The van der Waals surface area contributed by atoms with E-state index in [9.17, 15) is 8.78 Å². The molecule has 0 unspecified atom stereocenters. The van der Waals surface area contributed by atoms with Crippen LogP contribution in [0.3, 0.4) is 0 Å². The van der Waals surface area contributed by atoms with E-state index in [0.717, 1.165) is 5.92 Å². The lowest BCUT2D eigenvalue weighted by molar-refractivity contribution is 0.302. The molecule has 0 amide bonds. The van der Waals surface area contributed by atoms with Crippen molar-refractivity contribution in [3.8, 4) is 0 Å². The predicted molar refractivity (Wildman–Crippen MR) is 101 cm³/mol. The number of benzene rings is 1. The fraction of sp³-hybridized carbons (Fsp3) is 0.652. The number of unbranched alkanes of at least 4 members (excludes halogenated alkanes) is 3. The molecule has 0 bridgehead atoms. The minimum atomic E-state index is -1.46. The Morgan fingerprint density at radius 2 is 1.44 bits per heavy atom.